The van der Waals surface area contributed by atoms with Gasteiger partial charge in [-0.15, -0.1) is 0 Å². The number of anilines is 1. The molecule has 2 aromatic rings. The smallest absolute Gasteiger partial charge is 0.407 e. The van der Waals surface area contributed by atoms with Crippen LogP contribution in [-0.4, -0.2) is 40.1 Å². The van der Waals surface area contributed by atoms with Crippen LogP contribution < -0.4 is 15.4 Å². The largest absolute Gasteiger partial charge is 0.450 e. The first-order valence-corrected chi connectivity index (χ1v) is 10.6. The molecule has 0 aromatic heterocycles. The highest BCUT2D eigenvalue weighted by atomic mass is 32.2. The van der Waals surface area contributed by atoms with Crippen molar-refractivity contribution in [2.24, 2.45) is 0 Å². The lowest BCUT2D eigenvalue weighted by atomic mass is 10.1. The molecule has 0 fully saturated rings. The molecule has 0 spiro atoms. The Morgan fingerprint density at radius 2 is 1.72 bits per heavy atom. The van der Waals surface area contributed by atoms with E-state index in [1.807, 2.05) is 13.0 Å². The van der Waals surface area contributed by atoms with Crippen LogP contribution in [0.2, 0.25) is 0 Å². The zero-order valence-electron chi connectivity index (χ0n) is 16.6. The van der Waals surface area contributed by atoms with Crippen LogP contribution in [0.3, 0.4) is 0 Å². The molecule has 2 aromatic carbocycles. The molecule has 156 valence electrons. The molecule has 0 heterocycles. The zero-order valence-corrected chi connectivity index (χ0v) is 17.4. The lowest BCUT2D eigenvalue weighted by Gasteiger charge is -2.12. The molecular formula is C20H25N3O5S. The Kier molecular flexibility index (Phi) is 7.60. The van der Waals surface area contributed by atoms with Crippen molar-refractivity contribution < 1.29 is 22.7 Å². The predicted octanol–water partition coefficient (Wildman–Crippen LogP) is 2.58. The summed E-state index contributed by atoms with van der Waals surface area (Å²) < 4.78 is 32.6. The summed E-state index contributed by atoms with van der Waals surface area (Å²) in [5, 5.41) is 5.14. The molecule has 8 nitrogen and oxygen atoms in total. The molecule has 0 aliphatic heterocycles. The second-order valence-electron chi connectivity index (χ2n) is 6.35. The maximum absolute atomic E-state index is 12.7. The van der Waals surface area contributed by atoms with Crippen LogP contribution in [0.5, 0.6) is 0 Å². The molecule has 29 heavy (non-hydrogen) atoms. The fourth-order valence-electron chi connectivity index (χ4n) is 2.55. The maximum Gasteiger partial charge on any atom is 0.407 e. The van der Waals surface area contributed by atoms with Crippen molar-refractivity contribution in [1.82, 2.24) is 10.6 Å². The average molecular weight is 420 g/mol. The van der Waals surface area contributed by atoms with E-state index >= 15 is 0 Å². The molecule has 0 aliphatic rings. The summed E-state index contributed by atoms with van der Waals surface area (Å²) in [5.74, 6) is -0.430. The van der Waals surface area contributed by atoms with Gasteiger partial charge in [0.05, 0.1) is 11.5 Å². The lowest BCUT2D eigenvalue weighted by Crippen LogP contribution is -2.35. The number of alkyl carbamates (subject to hydrolysis) is 1. The molecule has 0 aliphatic carbocycles. The van der Waals surface area contributed by atoms with Gasteiger partial charge in [-0.1, -0.05) is 18.2 Å². The second kappa shape index (κ2) is 9.92. The number of carbonyl (C=O) groups is 2. The Bertz CT molecular complexity index is 989. The van der Waals surface area contributed by atoms with Gasteiger partial charge in [-0.05, 0) is 56.2 Å². The van der Waals surface area contributed by atoms with Crippen molar-refractivity contribution in [1.29, 1.82) is 0 Å². The first-order valence-electron chi connectivity index (χ1n) is 9.12. The van der Waals surface area contributed by atoms with Crippen LogP contribution in [-0.2, 0) is 14.8 Å². The molecule has 9 heteroatoms. The first-order chi connectivity index (χ1) is 13.7. The van der Waals surface area contributed by atoms with Crippen LogP contribution in [0.4, 0.5) is 10.5 Å². The minimum atomic E-state index is -3.85. The summed E-state index contributed by atoms with van der Waals surface area (Å²) in [6.07, 6.45) is -0.562. The first kappa shape index (κ1) is 22.2. The van der Waals surface area contributed by atoms with E-state index in [9.17, 15) is 18.0 Å². The minimum absolute atomic E-state index is 0.0144. The summed E-state index contributed by atoms with van der Waals surface area (Å²) in [7, 11) is -3.85. The molecule has 2 rings (SSSR count). The lowest BCUT2D eigenvalue weighted by molar-refractivity contribution is 0.0951. The van der Waals surface area contributed by atoms with Crippen LogP contribution in [0.25, 0.3) is 0 Å². The van der Waals surface area contributed by atoms with Gasteiger partial charge < -0.3 is 15.4 Å². The fourth-order valence-corrected chi connectivity index (χ4v) is 3.63. The number of carbonyl (C=O) groups excluding carboxylic acids is 2. The second-order valence-corrected chi connectivity index (χ2v) is 8.04. The number of sulfonamides is 1. The molecular weight excluding hydrogens is 394 g/mol. The van der Waals surface area contributed by atoms with Crippen molar-refractivity contribution in [3.05, 3.63) is 59.2 Å². The van der Waals surface area contributed by atoms with Crippen molar-refractivity contribution >= 4 is 27.7 Å². The van der Waals surface area contributed by atoms with Gasteiger partial charge in [-0.2, -0.15) is 0 Å². The number of amides is 2. The SMILES string of the molecule is CCOC(=O)NCCNC(=O)c1cc(S(=O)(=O)Nc2cccc(C)c2)ccc1C. The third-order valence-electron chi connectivity index (χ3n) is 3.99. The summed E-state index contributed by atoms with van der Waals surface area (Å²) in [6.45, 7) is 5.90. The zero-order chi connectivity index (χ0) is 21.4. The standard InChI is InChI=1S/C20H25N3O5S/c1-4-28-20(25)22-11-10-21-19(24)18-13-17(9-8-15(18)3)29(26,27)23-16-7-5-6-14(2)12-16/h5-9,12-13,23H,4,10-11H2,1-3H3,(H,21,24)(H,22,25). The topological polar surface area (TPSA) is 114 Å². The Labute approximate surface area is 170 Å². The van der Waals surface area contributed by atoms with Crippen LogP contribution in [0.1, 0.15) is 28.4 Å². The molecule has 0 radical (unpaired) electrons. The number of ether oxygens (including phenoxy) is 1. The summed E-state index contributed by atoms with van der Waals surface area (Å²) in [6, 6.07) is 11.4. The Balaban J connectivity index is 2.08. The molecule has 0 bridgehead atoms. The predicted molar refractivity (Wildman–Crippen MR) is 111 cm³/mol. The minimum Gasteiger partial charge on any atom is -0.450 e. The van der Waals surface area contributed by atoms with Crippen molar-refractivity contribution in [3.63, 3.8) is 0 Å². The van der Waals surface area contributed by atoms with E-state index in [1.54, 1.807) is 38.1 Å². The third-order valence-corrected chi connectivity index (χ3v) is 5.37. The van der Waals surface area contributed by atoms with E-state index < -0.39 is 22.0 Å². The molecule has 2 amide bonds. The number of rotatable bonds is 8. The highest BCUT2D eigenvalue weighted by molar-refractivity contribution is 7.92. The monoisotopic (exact) mass is 419 g/mol. The highest BCUT2D eigenvalue weighted by Gasteiger charge is 2.18. The van der Waals surface area contributed by atoms with E-state index in [4.69, 9.17) is 4.74 Å². The van der Waals surface area contributed by atoms with Crippen molar-refractivity contribution in [2.45, 2.75) is 25.7 Å². The normalized spacial score (nSPS) is 10.9. The molecule has 0 unspecified atom stereocenters. The van der Waals surface area contributed by atoms with Crippen molar-refractivity contribution in [2.75, 3.05) is 24.4 Å². The van der Waals surface area contributed by atoms with Gasteiger partial charge in [0.15, 0.2) is 0 Å². The van der Waals surface area contributed by atoms with Crippen LogP contribution >= 0.6 is 0 Å². The summed E-state index contributed by atoms with van der Waals surface area (Å²) in [5.41, 5.74) is 2.25. The summed E-state index contributed by atoms with van der Waals surface area (Å²) in [4.78, 5) is 23.7. The number of hydrogen-bond donors (Lipinski definition) is 3. The Hall–Kier alpha value is -3.07. The van der Waals surface area contributed by atoms with E-state index in [2.05, 4.69) is 15.4 Å². The van der Waals surface area contributed by atoms with E-state index in [-0.39, 0.29) is 30.2 Å². The summed E-state index contributed by atoms with van der Waals surface area (Å²) >= 11 is 0. The Morgan fingerprint density at radius 1 is 1.00 bits per heavy atom. The number of benzene rings is 2. The van der Waals surface area contributed by atoms with Gasteiger partial charge in [0.1, 0.15) is 0 Å². The molecule has 3 N–H and O–H groups in total. The third kappa shape index (κ3) is 6.49. The van der Waals surface area contributed by atoms with Gasteiger partial charge in [0.2, 0.25) is 0 Å². The fraction of sp³-hybridized carbons (Fsp3) is 0.300. The van der Waals surface area contributed by atoms with E-state index in [0.29, 0.717) is 11.3 Å². The molecule has 0 atom stereocenters. The van der Waals surface area contributed by atoms with Gasteiger partial charge >= 0.3 is 6.09 Å². The average Bonchev–Trinajstić information content (AvgIpc) is 2.65. The highest BCUT2D eigenvalue weighted by Crippen LogP contribution is 2.20. The van der Waals surface area contributed by atoms with Gasteiger partial charge in [-0.3, -0.25) is 9.52 Å². The van der Waals surface area contributed by atoms with E-state index in [0.717, 1.165) is 5.56 Å². The number of hydrogen-bond acceptors (Lipinski definition) is 5. The van der Waals surface area contributed by atoms with Gasteiger partial charge in [0, 0.05) is 24.3 Å². The van der Waals surface area contributed by atoms with Crippen LogP contribution in [0, 0.1) is 13.8 Å². The number of aryl methyl sites for hydroxylation is 2. The maximum atomic E-state index is 12.7. The van der Waals surface area contributed by atoms with Gasteiger partial charge in [0.25, 0.3) is 15.9 Å². The van der Waals surface area contributed by atoms with Crippen molar-refractivity contribution in [3.8, 4) is 0 Å². The van der Waals surface area contributed by atoms with Gasteiger partial charge in [-0.25, -0.2) is 13.2 Å². The van der Waals surface area contributed by atoms with E-state index in [1.165, 1.54) is 12.1 Å². The molecule has 0 saturated carbocycles. The molecule has 0 saturated heterocycles. The quantitative estimate of drug-likeness (QED) is 0.569. The number of nitrogens with one attached hydrogen (secondary N) is 3. The Morgan fingerprint density at radius 3 is 2.41 bits per heavy atom. The van der Waals surface area contributed by atoms with Crippen LogP contribution in [0.15, 0.2) is 47.4 Å².